The summed E-state index contributed by atoms with van der Waals surface area (Å²) in [5.74, 6) is -0.354. The molecule has 2 heterocycles. The van der Waals surface area contributed by atoms with Crippen molar-refractivity contribution in [2.75, 3.05) is 49.5 Å². The Hall–Kier alpha value is -1.93. The van der Waals surface area contributed by atoms with Crippen LogP contribution in [0.5, 0.6) is 0 Å². The zero-order valence-electron chi connectivity index (χ0n) is 16.0. The predicted octanol–water partition coefficient (Wildman–Crippen LogP) is -0.596. The van der Waals surface area contributed by atoms with Crippen LogP contribution in [0.25, 0.3) is 0 Å². The van der Waals surface area contributed by atoms with Crippen molar-refractivity contribution in [1.82, 2.24) is 4.90 Å². The number of anilines is 1. The normalized spacial score (nSPS) is 22.6. The molecule has 1 atom stereocenters. The van der Waals surface area contributed by atoms with Crippen LogP contribution in [-0.4, -0.2) is 69.4 Å². The lowest BCUT2D eigenvalue weighted by molar-refractivity contribution is -0.895. The fourth-order valence-electron chi connectivity index (χ4n) is 3.89. The first-order chi connectivity index (χ1) is 12.7. The molecule has 2 amide bonds. The topological polar surface area (TPSA) is 88.0 Å². The lowest BCUT2D eigenvalue weighted by Gasteiger charge is -2.33. The Kier molecular flexibility index (Phi) is 5.86. The minimum Gasteiger partial charge on any atom is -0.331 e. The summed E-state index contributed by atoms with van der Waals surface area (Å²) in [7, 11) is -3.05. The van der Waals surface area contributed by atoms with E-state index in [0.717, 1.165) is 21.7 Å². The van der Waals surface area contributed by atoms with Gasteiger partial charge in [0.05, 0.1) is 43.6 Å². The van der Waals surface area contributed by atoms with E-state index in [1.54, 1.807) is 4.90 Å². The number of hydrogen-bond donors (Lipinski definition) is 2. The maximum atomic E-state index is 12.5. The van der Waals surface area contributed by atoms with Crippen molar-refractivity contribution < 1.29 is 22.9 Å². The van der Waals surface area contributed by atoms with Crippen molar-refractivity contribution in [3.05, 3.63) is 29.3 Å². The van der Waals surface area contributed by atoms with Crippen LogP contribution in [-0.2, 0) is 19.4 Å². The smallest absolute Gasteiger partial charge is 0.279 e. The summed E-state index contributed by atoms with van der Waals surface area (Å²) in [6.07, 6.45) is 0.437. The number of aryl methyl sites for hydroxylation is 2. The van der Waals surface area contributed by atoms with Gasteiger partial charge in [0.2, 0.25) is 5.91 Å². The molecule has 7 nitrogen and oxygen atoms in total. The highest BCUT2D eigenvalue weighted by molar-refractivity contribution is 7.91. The number of quaternary nitrogens is 1. The summed E-state index contributed by atoms with van der Waals surface area (Å²) in [5, 5.41) is 3.01. The Morgan fingerprint density at radius 3 is 2.37 bits per heavy atom. The first kappa shape index (κ1) is 19.8. The van der Waals surface area contributed by atoms with Gasteiger partial charge in [-0.05, 0) is 31.4 Å². The molecular formula is C19H28N3O4S+. The van der Waals surface area contributed by atoms with E-state index in [9.17, 15) is 18.0 Å². The largest absolute Gasteiger partial charge is 0.331 e. The van der Waals surface area contributed by atoms with E-state index < -0.39 is 9.84 Å². The van der Waals surface area contributed by atoms with Crippen LogP contribution in [0.2, 0.25) is 0 Å². The first-order valence-electron chi connectivity index (χ1n) is 9.44. The lowest BCUT2D eigenvalue weighted by atomic mass is 10.1. The van der Waals surface area contributed by atoms with Gasteiger partial charge >= 0.3 is 0 Å². The van der Waals surface area contributed by atoms with Crippen LogP contribution in [0, 0.1) is 19.8 Å². The number of carbonyl (C=O) groups excluding carboxylic acids is 2. The number of sulfone groups is 1. The average molecular weight is 395 g/mol. The van der Waals surface area contributed by atoms with Crippen LogP contribution < -0.4 is 10.2 Å². The van der Waals surface area contributed by atoms with Crippen molar-refractivity contribution in [2.45, 2.75) is 20.3 Å². The van der Waals surface area contributed by atoms with Crippen LogP contribution >= 0.6 is 0 Å². The quantitative estimate of drug-likeness (QED) is 0.714. The number of para-hydroxylation sites is 1. The number of rotatable bonds is 4. The highest BCUT2D eigenvalue weighted by Gasteiger charge is 2.37. The van der Waals surface area contributed by atoms with Crippen molar-refractivity contribution in [1.29, 1.82) is 0 Å². The summed E-state index contributed by atoms with van der Waals surface area (Å²) < 4.78 is 23.2. The molecule has 2 aliphatic rings. The molecule has 0 radical (unpaired) electrons. The van der Waals surface area contributed by atoms with Crippen molar-refractivity contribution in [3.8, 4) is 0 Å². The molecule has 2 aliphatic heterocycles. The molecule has 1 aromatic rings. The van der Waals surface area contributed by atoms with Gasteiger partial charge in [0.15, 0.2) is 16.4 Å². The molecule has 27 heavy (non-hydrogen) atoms. The van der Waals surface area contributed by atoms with E-state index in [-0.39, 0.29) is 29.2 Å². The van der Waals surface area contributed by atoms with Crippen molar-refractivity contribution in [3.63, 3.8) is 0 Å². The fraction of sp³-hybridized carbons (Fsp3) is 0.579. The second-order valence-electron chi connectivity index (χ2n) is 7.67. The molecule has 0 saturated carbocycles. The number of benzene rings is 1. The van der Waals surface area contributed by atoms with Gasteiger partial charge in [-0.15, -0.1) is 0 Å². The van der Waals surface area contributed by atoms with Gasteiger partial charge in [-0.2, -0.15) is 0 Å². The van der Waals surface area contributed by atoms with E-state index >= 15 is 0 Å². The summed E-state index contributed by atoms with van der Waals surface area (Å²) in [4.78, 5) is 27.8. The molecule has 0 bridgehead atoms. The highest BCUT2D eigenvalue weighted by Crippen LogP contribution is 2.21. The second kappa shape index (κ2) is 7.98. The first-order valence-corrected chi connectivity index (χ1v) is 11.3. The summed E-state index contributed by atoms with van der Waals surface area (Å²) in [6.45, 7) is 6.86. The summed E-state index contributed by atoms with van der Waals surface area (Å²) in [6, 6.07) is 5.92. The number of hydrogen-bond acceptors (Lipinski definition) is 4. The lowest BCUT2D eigenvalue weighted by Crippen LogP contribution is -3.15. The number of amides is 2. The van der Waals surface area contributed by atoms with E-state index in [1.165, 1.54) is 0 Å². The monoisotopic (exact) mass is 394 g/mol. The molecular weight excluding hydrogens is 366 g/mol. The number of piperazine rings is 1. The van der Waals surface area contributed by atoms with Crippen molar-refractivity contribution in [2.24, 2.45) is 5.92 Å². The van der Waals surface area contributed by atoms with Crippen LogP contribution in [0.3, 0.4) is 0 Å². The van der Waals surface area contributed by atoms with Crippen LogP contribution in [0.15, 0.2) is 18.2 Å². The van der Waals surface area contributed by atoms with Crippen molar-refractivity contribution >= 4 is 27.3 Å². The Balaban J connectivity index is 1.48. The van der Waals surface area contributed by atoms with E-state index in [4.69, 9.17) is 0 Å². The standard InChI is InChI=1S/C19H27N3O4S/c1-14-4-3-5-15(2)18(14)20-17(23)12-21-7-9-22(10-8-21)19(24)16-6-11-27(25,26)13-16/h3-5,16H,6-13H2,1-2H3,(H,20,23)/p+1/t16-/m0/s1. The minimum absolute atomic E-state index is 0.0168. The molecule has 8 heteroatoms. The molecule has 2 fully saturated rings. The molecule has 0 aliphatic carbocycles. The molecule has 0 unspecified atom stereocenters. The summed E-state index contributed by atoms with van der Waals surface area (Å²) in [5.41, 5.74) is 2.96. The fourth-order valence-corrected chi connectivity index (χ4v) is 5.62. The maximum absolute atomic E-state index is 12.5. The van der Waals surface area contributed by atoms with Gasteiger partial charge < -0.3 is 15.1 Å². The minimum atomic E-state index is -3.05. The molecule has 1 aromatic carbocycles. The van der Waals surface area contributed by atoms with Gasteiger partial charge in [-0.3, -0.25) is 9.59 Å². The Morgan fingerprint density at radius 2 is 1.81 bits per heavy atom. The Morgan fingerprint density at radius 1 is 1.19 bits per heavy atom. The van der Waals surface area contributed by atoms with Gasteiger partial charge in [0.1, 0.15) is 0 Å². The molecule has 0 spiro atoms. The Labute approximate surface area is 160 Å². The van der Waals surface area contributed by atoms with Gasteiger partial charge in [-0.1, -0.05) is 18.2 Å². The predicted molar refractivity (Wildman–Crippen MR) is 103 cm³/mol. The Bertz CT molecular complexity index is 809. The third-order valence-electron chi connectivity index (χ3n) is 5.52. The number of nitrogens with zero attached hydrogens (tertiary/aromatic N) is 1. The zero-order chi connectivity index (χ0) is 19.6. The molecule has 2 saturated heterocycles. The van der Waals surface area contributed by atoms with E-state index in [1.807, 2.05) is 32.0 Å². The molecule has 148 valence electrons. The highest BCUT2D eigenvalue weighted by atomic mass is 32.2. The maximum Gasteiger partial charge on any atom is 0.279 e. The van der Waals surface area contributed by atoms with E-state index in [2.05, 4.69) is 5.32 Å². The third-order valence-corrected chi connectivity index (χ3v) is 7.29. The average Bonchev–Trinajstić information content (AvgIpc) is 2.98. The number of carbonyl (C=O) groups is 2. The van der Waals surface area contributed by atoms with E-state index in [0.29, 0.717) is 39.1 Å². The van der Waals surface area contributed by atoms with Gasteiger partial charge in [0.25, 0.3) is 5.91 Å². The molecule has 2 N–H and O–H groups in total. The SMILES string of the molecule is Cc1cccc(C)c1NC(=O)C[NH+]1CCN(C(=O)[C@H]2CCS(=O)(=O)C2)CC1. The zero-order valence-corrected chi connectivity index (χ0v) is 16.8. The van der Waals surface area contributed by atoms with Crippen LogP contribution in [0.4, 0.5) is 5.69 Å². The summed E-state index contributed by atoms with van der Waals surface area (Å²) >= 11 is 0. The molecule has 0 aromatic heterocycles. The molecule has 3 rings (SSSR count). The third kappa shape index (κ3) is 4.87. The van der Waals surface area contributed by atoms with Gasteiger partial charge in [-0.25, -0.2) is 8.42 Å². The van der Waals surface area contributed by atoms with Crippen LogP contribution in [0.1, 0.15) is 17.5 Å². The van der Waals surface area contributed by atoms with Gasteiger partial charge in [0, 0.05) is 5.69 Å². The number of nitrogens with one attached hydrogen (secondary N) is 2. The second-order valence-corrected chi connectivity index (χ2v) is 9.90.